The Balaban J connectivity index is 1.85. The number of hydrogen-bond acceptors (Lipinski definition) is 3. The first-order valence-electron chi connectivity index (χ1n) is 5.78. The quantitative estimate of drug-likeness (QED) is 0.730. The van der Waals surface area contributed by atoms with Crippen molar-refractivity contribution < 1.29 is 14.5 Å². The number of hydroxylamine groups is 1. The fourth-order valence-corrected chi connectivity index (χ4v) is 1.69. The summed E-state index contributed by atoms with van der Waals surface area (Å²) in [5, 5.41) is 0. The molecule has 1 aromatic rings. The molecule has 1 aliphatic heterocycles. The van der Waals surface area contributed by atoms with Crippen LogP contribution in [0, 0.1) is 0 Å². The average molecular weight is 233 g/mol. The zero-order valence-electron chi connectivity index (χ0n) is 9.90. The highest BCUT2D eigenvalue weighted by Crippen LogP contribution is 2.02. The van der Waals surface area contributed by atoms with Crippen molar-refractivity contribution in [2.45, 2.75) is 6.42 Å². The monoisotopic (exact) mass is 233 g/mol. The predicted molar refractivity (Wildman–Crippen MR) is 64.3 cm³/mol. The van der Waals surface area contributed by atoms with Gasteiger partial charge in [-0.2, -0.15) is 0 Å². The standard InChI is InChI=1S/C13H16N2O2/c1-15-9-7-12(8-10-15)14-17-13(16)11-5-3-2-4-6-11/h2-7,14H,8-10H2,1H3/p+1. The molecule has 0 saturated heterocycles. The molecule has 0 radical (unpaired) electrons. The van der Waals surface area contributed by atoms with Gasteiger partial charge in [-0.15, -0.1) is 0 Å². The van der Waals surface area contributed by atoms with E-state index < -0.39 is 0 Å². The third-order valence-corrected chi connectivity index (χ3v) is 2.80. The lowest BCUT2D eigenvalue weighted by atomic mass is 10.2. The highest BCUT2D eigenvalue weighted by atomic mass is 16.7. The lowest BCUT2D eigenvalue weighted by Crippen LogP contribution is -3.09. The first-order chi connectivity index (χ1) is 8.25. The number of benzene rings is 1. The maximum Gasteiger partial charge on any atom is 0.362 e. The molecule has 1 heterocycles. The van der Waals surface area contributed by atoms with Crippen LogP contribution in [0.1, 0.15) is 16.8 Å². The summed E-state index contributed by atoms with van der Waals surface area (Å²) in [4.78, 5) is 18.1. The van der Waals surface area contributed by atoms with E-state index in [1.54, 1.807) is 12.1 Å². The molecule has 2 rings (SSSR count). The summed E-state index contributed by atoms with van der Waals surface area (Å²) in [5.41, 5.74) is 4.28. The molecule has 17 heavy (non-hydrogen) atoms. The smallest absolute Gasteiger partial charge is 0.338 e. The highest BCUT2D eigenvalue weighted by Gasteiger charge is 2.12. The molecule has 1 atom stereocenters. The van der Waals surface area contributed by atoms with Gasteiger partial charge in [-0.25, -0.2) is 10.3 Å². The van der Waals surface area contributed by atoms with E-state index in [9.17, 15) is 4.79 Å². The van der Waals surface area contributed by atoms with Crippen molar-refractivity contribution in [3.8, 4) is 0 Å². The van der Waals surface area contributed by atoms with Gasteiger partial charge < -0.3 is 9.74 Å². The van der Waals surface area contributed by atoms with Gasteiger partial charge in [0.25, 0.3) is 0 Å². The number of carbonyl (C=O) groups is 1. The normalized spacial score (nSPS) is 19.4. The van der Waals surface area contributed by atoms with Gasteiger partial charge in [-0.1, -0.05) is 18.2 Å². The maximum atomic E-state index is 11.6. The lowest BCUT2D eigenvalue weighted by Gasteiger charge is -2.19. The first-order valence-corrected chi connectivity index (χ1v) is 5.78. The van der Waals surface area contributed by atoms with Gasteiger partial charge >= 0.3 is 5.97 Å². The SMILES string of the molecule is C[NH+]1CC=C(NOC(=O)c2ccccc2)CC1. The van der Waals surface area contributed by atoms with Crippen LogP contribution in [0.5, 0.6) is 0 Å². The third kappa shape index (κ3) is 3.32. The lowest BCUT2D eigenvalue weighted by molar-refractivity contribution is -0.875. The van der Waals surface area contributed by atoms with Crippen LogP contribution in [0.2, 0.25) is 0 Å². The molecule has 0 aliphatic carbocycles. The summed E-state index contributed by atoms with van der Waals surface area (Å²) in [6.07, 6.45) is 2.98. The maximum absolute atomic E-state index is 11.6. The Kier molecular flexibility index (Phi) is 3.77. The van der Waals surface area contributed by atoms with Crippen LogP contribution in [-0.4, -0.2) is 26.1 Å². The van der Waals surface area contributed by atoms with E-state index in [1.807, 2.05) is 18.2 Å². The molecular formula is C13H17N2O2+. The topological polar surface area (TPSA) is 42.8 Å². The molecule has 0 spiro atoms. The van der Waals surface area contributed by atoms with Crippen LogP contribution in [0.15, 0.2) is 42.1 Å². The van der Waals surface area contributed by atoms with Gasteiger partial charge in [-0.05, 0) is 18.2 Å². The Morgan fingerprint density at radius 3 is 2.76 bits per heavy atom. The third-order valence-electron chi connectivity index (χ3n) is 2.80. The van der Waals surface area contributed by atoms with Gasteiger partial charge in [0.2, 0.25) is 0 Å². The van der Waals surface area contributed by atoms with E-state index >= 15 is 0 Å². The summed E-state index contributed by atoms with van der Waals surface area (Å²) in [6.45, 7) is 2.02. The Morgan fingerprint density at radius 2 is 2.12 bits per heavy atom. The number of hydrogen-bond donors (Lipinski definition) is 2. The molecule has 1 aromatic carbocycles. The molecule has 1 unspecified atom stereocenters. The highest BCUT2D eigenvalue weighted by molar-refractivity contribution is 5.89. The zero-order valence-corrected chi connectivity index (χ0v) is 9.90. The molecule has 0 saturated carbocycles. The molecule has 0 bridgehead atoms. The summed E-state index contributed by atoms with van der Waals surface area (Å²) in [7, 11) is 2.14. The number of quaternary nitrogens is 1. The fourth-order valence-electron chi connectivity index (χ4n) is 1.69. The molecule has 0 amide bonds. The second-order valence-corrected chi connectivity index (χ2v) is 4.25. The largest absolute Gasteiger partial charge is 0.362 e. The van der Waals surface area contributed by atoms with Crippen molar-refractivity contribution in [1.29, 1.82) is 0 Å². The second kappa shape index (κ2) is 5.50. The van der Waals surface area contributed by atoms with Gasteiger partial charge in [0.15, 0.2) is 0 Å². The minimum atomic E-state index is -0.349. The molecule has 90 valence electrons. The summed E-state index contributed by atoms with van der Waals surface area (Å²) in [6, 6.07) is 8.96. The van der Waals surface area contributed by atoms with Crippen LogP contribution >= 0.6 is 0 Å². The fraction of sp³-hybridized carbons (Fsp3) is 0.308. The Labute approximate surface area is 101 Å². The summed E-state index contributed by atoms with van der Waals surface area (Å²) in [5.74, 6) is -0.349. The van der Waals surface area contributed by atoms with Gasteiger partial charge in [-0.3, -0.25) is 0 Å². The van der Waals surface area contributed by atoms with Crippen LogP contribution in [0.4, 0.5) is 0 Å². The van der Waals surface area contributed by atoms with Crippen LogP contribution in [0.3, 0.4) is 0 Å². The zero-order chi connectivity index (χ0) is 12.1. The molecule has 4 nitrogen and oxygen atoms in total. The van der Waals surface area contributed by atoms with Crippen LogP contribution < -0.4 is 10.4 Å². The van der Waals surface area contributed by atoms with E-state index in [0.29, 0.717) is 5.56 Å². The number of rotatable bonds is 3. The van der Waals surface area contributed by atoms with Crippen molar-refractivity contribution in [3.63, 3.8) is 0 Å². The Hall–Kier alpha value is -1.81. The van der Waals surface area contributed by atoms with Crippen LogP contribution in [0.25, 0.3) is 0 Å². The summed E-state index contributed by atoms with van der Waals surface area (Å²) < 4.78 is 0. The van der Waals surface area contributed by atoms with Crippen molar-refractivity contribution in [3.05, 3.63) is 47.7 Å². The van der Waals surface area contributed by atoms with Crippen LogP contribution in [-0.2, 0) is 4.84 Å². The minimum Gasteiger partial charge on any atom is -0.338 e. The average Bonchev–Trinajstić information content (AvgIpc) is 2.39. The van der Waals surface area contributed by atoms with E-state index in [1.165, 1.54) is 4.90 Å². The van der Waals surface area contributed by atoms with E-state index in [-0.39, 0.29) is 5.97 Å². The van der Waals surface area contributed by atoms with Gasteiger partial charge in [0.05, 0.1) is 31.4 Å². The first kappa shape index (κ1) is 11.7. The van der Waals surface area contributed by atoms with Gasteiger partial charge in [0.1, 0.15) is 0 Å². The van der Waals surface area contributed by atoms with Crippen molar-refractivity contribution in [2.75, 3.05) is 20.1 Å². The Bertz CT molecular complexity index is 415. The van der Waals surface area contributed by atoms with Crippen molar-refractivity contribution in [1.82, 2.24) is 5.48 Å². The predicted octanol–water partition coefficient (Wildman–Crippen LogP) is 0.150. The molecule has 1 aliphatic rings. The van der Waals surface area contributed by atoms with Crippen molar-refractivity contribution >= 4 is 5.97 Å². The summed E-state index contributed by atoms with van der Waals surface area (Å²) >= 11 is 0. The molecule has 4 heteroatoms. The minimum absolute atomic E-state index is 0.349. The van der Waals surface area contributed by atoms with E-state index in [4.69, 9.17) is 4.84 Å². The Morgan fingerprint density at radius 1 is 1.35 bits per heavy atom. The van der Waals surface area contributed by atoms with E-state index in [0.717, 1.165) is 25.2 Å². The number of carbonyl (C=O) groups excluding carboxylic acids is 1. The number of likely N-dealkylation sites (N-methyl/N-ethyl adjacent to an activating group) is 1. The molecular weight excluding hydrogens is 216 g/mol. The van der Waals surface area contributed by atoms with E-state index in [2.05, 4.69) is 18.6 Å². The molecule has 2 N–H and O–H groups in total. The van der Waals surface area contributed by atoms with Crippen molar-refractivity contribution in [2.24, 2.45) is 0 Å². The van der Waals surface area contributed by atoms with Gasteiger partial charge in [0, 0.05) is 6.42 Å². The second-order valence-electron chi connectivity index (χ2n) is 4.25. The molecule has 0 aromatic heterocycles. The number of nitrogens with one attached hydrogen (secondary N) is 2. The molecule has 0 fully saturated rings.